The van der Waals surface area contributed by atoms with Gasteiger partial charge in [-0.05, 0) is 81.1 Å². The number of rotatable bonds is 8. The number of carboxylic acid groups (broad SMARTS) is 1. The van der Waals surface area contributed by atoms with Gasteiger partial charge in [-0.15, -0.1) is 0 Å². The molecule has 9 nitrogen and oxygen atoms in total. The first-order chi connectivity index (χ1) is 17.3. The monoisotopic (exact) mass is 517 g/mol. The Kier molecular flexibility index (Phi) is 7.40. The van der Waals surface area contributed by atoms with Crippen LogP contribution >= 0.6 is 0 Å². The molecule has 7 atom stereocenters. The van der Waals surface area contributed by atoms with Crippen LogP contribution in [0.25, 0.3) is 0 Å². The Balaban J connectivity index is 1.36. The van der Waals surface area contributed by atoms with Gasteiger partial charge in [0.25, 0.3) is 0 Å². The third kappa shape index (κ3) is 4.75. The number of carbonyl (C=O) groups is 5. The zero-order valence-electron chi connectivity index (χ0n) is 22.0. The number of ketones is 2. The van der Waals surface area contributed by atoms with Crippen molar-refractivity contribution in [1.29, 1.82) is 0 Å². The molecule has 204 valence electrons. The number of hydrogen-bond donors (Lipinski definition) is 3. The lowest BCUT2D eigenvalue weighted by Gasteiger charge is -2.58. The summed E-state index contributed by atoms with van der Waals surface area (Å²) in [6, 6.07) is -1.07. The van der Waals surface area contributed by atoms with Crippen LogP contribution in [0.1, 0.15) is 85.0 Å². The maximum atomic E-state index is 13.3. The number of aliphatic hydroxyl groups is 1. The molecule has 0 bridgehead atoms. The van der Waals surface area contributed by atoms with E-state index >= 15 is 0 Å². The van der Waals surface area contributed by atoms with E-state index in [1.807, 2.05) is 13.0 Å². The number of fused-ring (bicyclic) bond motifs is 5. The smallest absolute Gasteiger partial charge is 0.325 e. The summed E-state index contributed by atoms with van der Waals surface area (Å²) in [7, 11) is 0. The molecule has 0 spiro atoms. The lowest BCUT2D eigenvalue weighted by Crippen LogP contribution is -2.58. The van der Waals surface area contributed by atoms with Gasteiger partial charge in [0, 0.05) is 18.3 Å². The molecule has 4 rings (SSSR count). The molecule has 37 heavy (non-hydrogen) atoms. The number of carboxylic acids is 1. The first kappa shape index (κ1) is 27.5. The molecule has 3 fully saturated rings. The number of Topliss-reactive ketones (excluding diaryl/α,β-unsaturated/α-hetero) is 1. The van der Waals surface area contributed by atoms with Gasteiger partial charge in [-0.1, -0.05) is 19.4 Å². The minimum absolute atomic E-state index is 0.00690. The summed E-state index contributed by atoms with van der Waals surface area (Å²) in [5.74, 6) is -1.80. The molecule has 4 aliphatic carbocycles. The van der Waals surface area contributed by atoms with Crippen molar-refractivity contribution in [3.8, 4) is 0 Å². The molecule has 0 aliphatic heterocycles. The van der Waals surface area contributed by atoms with E-state index < -0.39 is 47.3 Å². The number of hydrogen-bond acceptors (Lipinski definition) is 7. The van der Waals surface area contributed by atoms with E-state index in [0.717, 1.165) is 32.1 Å². The van der Waals surface area contributed by atoms with Gasteiger partial charge in [-0.3, -0.25) is 24.0 Å². The minimum Gasteiger partial charge on any atom is -0.480 e. The molecule has 0 unspecified atom stereocenters. The summed E-state index contributed by atoms with van der Waals surface area (Å²) in [5, 5.41) is 22.8. The van der Waals surface area contributed by atoms with Crippen LogP contribution in [0, 0.1) is 28.6 Å². The first-order valence-corrected chi connectivity index (χ1v) is 13.5. The largest absolute Gasteiger partial charge is 0.480 e. The second-order valence-electron chi connectivity index (χ2n) is 12.0. The Hall–Kier alpha value is -2.55. The lowest BCUT2D eigenvalue weighted by atomic mass is 9.46. The summed E-state index contributed by atoms with van der Waals surface area (Å²) in [6.07, 6.45) is 7.29. The fourth-order valence-electron chi connectivity index (χ4n) is 7.96. The molecule has 0 heterocycles. The molecule has 0 radical (unpaired) electrons. The molecule has 0 aromatic rings. The van der Waals surface area contributed by atoms with E-state index in [0.29, 0.717) is 31.1 Å². The van der Waals surface area contributed by atoms with Crippen molar-refractivity contribution in [3.63, 3.8) is 0 Å². The second-order valence-corrected chi connectivity index (χ2v) is 12.0. The van der Waals surface area contributed by atoms with Crippen LogP contribution in [-0.4, -0.2) is 57.9 Å². The molecule has 0 saturated heterocycles. The maximum Gasteiger partial charge on any atom is 0.325 e. The second kappa shape index (κ2) is 9.97. The number of ether oxygens (including phenoxy) is 1. The minimum atomic E-state index is -1.57. The fraction of sp³-hybridized carbons (Fsp3) is 0.750. The Labute approximate surface area is 217 Å². The van der Waals surface area contributed by atoms with Gasteiger partial charge in [0.2, 0.25) is 11.7 Å². The van der Waals surface area contributed by atoms with Gasteiger partial charge in [-0.25, -0.2) is 0 Å². The predicted molar refractivity (Wildman–Crippen MR) is 132 cm³/mol. The van der Waals surface area contributed by atoms with E-state index in [-0.39, 0.29) is 30.0 Å². The van der Waals surface area contributed by atoms with Crippen molar-refractivity contribution in [3.05, 3.63) is 11.6 Å². The molecule has 9 heteroatoms. The van der Waals surface area contributed by atoms with Crippen LogP contribution in [0.4, 0.5) is 0 Å². The Morgan fingerprint density at radius 2 is 1.76 bits per heavy atom. The maximum absolute atomic E-state index is 13.3. The average molecular weight is 518 g/mol. The highest BCUT2D eigenvalue weighted by Crippen LogP contribution is 2.67. The van der Waals surface area contributed by atoms with E-state index in [1.54, 1.807) is 0 Å². The van der Waals surface area contributed by atoms with Crippen LogP contribution in [0.2, 0.25) is 0 Å². The van der Waals surface area contributed by atoms with Crippen molar-refractivity contribution in [2.24, 2.45) is 28.6 Å². The molecular weight excluding hydrogens is 478 g/mol. The topological polar surface area (TPSA) is 147 Å². The summed E-state index contributed by atoms with van der Waals surface area (Å²) in [4.78, 5) is 60.1. The predicted octanol–water partition coefficient (Wildman–Crippen LogP) is 2.73. The molecule has 1 amide bonds. The van der Waals surface area contributed by atoms with Gasteiger partial charge in [0.1, 0.15) is 11.6 Å². The van der Waals surface area contributed by atoms with Crippen LogP contribution in [0.3, 0.4) is 0 Å². The van der Waals surface area contributed by atoms with E-state index in [4.69, 9.17) is 9.84 Å². The molecular formula is C28H39NO8. The highest BCUT2D eigenvalue weighted by Gasteiger charge is 2.66. The van der Waals surface area contributed by atoms with Gasteiger partial charge in [0.05, 0.1) is 6.42 Å². The van der Waals surface area contributed by atoms with Gasteiger partial charge in [-0.2, -0.15) is 0 Å². The van der Waals surface area contributed by atoms with Gasteiger partial charge in [0.15, 0.2) is 12.4 Å². The Morgan fingerprint density at radius 1 is 1.05 bits per heavy atom. The number of esters is 1. The number of aliphatic carboxylic acids is 1. The standard InChI is InChI=1S/C28H39NO8/c1-16(25(34)35)29-23(32)6-7-24(33)37-15-22(31)28(36)13-10-21-19-5-4-17-14-18(30)8-11-26(17,2)20(19)9-12-27(21,28)3/h14,16,19-21,36H,4-13,15H2,1-3H3,(H,29,32)(H,34,35)/t16-,19-,20+,21+,26+,27+,28-/m1/s1. The highest BCUT2D eigenvalue weighted by molar-refractivity contribution is 5.92. The zero-order valence-corrected chi connectivity index (χ0v) is 22.0. The average Bonchev–Trinajstić information content (AvgIpc) is 3.13. The normalized spacial score (nSPS) is 37.4. The fourth-order valence-corrected chi connectivity index (χ4v) is 7.96. The van der Waals surface area contributed by atoms with E-state index in [2.05, 4.69) is 12.2 Å². The van der Waals surface area contributed by atoms with E-state index in [1.165, 1.54) is 12.5 Å². The van der Waals surface area contributed by atoms with Crippen LogP contribution in [0.5, 0.6) is 0 Å². The van der Waals surface area contributed by atoms with Crippen molar-refractivity contribution >= 4 is 29.4 Å². The quantitative estimate of drug-likeness (QED) is 0.417. The third-order valence-corrected chi connectivity index (χ3v) is 10.2. The lowest BCUT2D eigenvalue weighted by molar-refractivity contribution is -0.170. The number of allylic oxidation sites excluding steroid dienone is 1. The third-order valence-electron chi connectivity index (χ3n) is 10.2. The van der Waals surface area contributed by atoms with Crippen molar-refractivity contribution in [2.75, 3.05) is 6.61 Å². The molecule has 0 aromatic carbocycles. The summed E-state index contributed by atoms with van der Waals surface area (Å²) >= 11 is 0. The van der Waals surface area contributed by atoms with Crippen LogP contribution in [-0.2, 0) is 28.7 Å². The Bertz CT molecular complexity index is 1040. The van der Waals surface area contributed by atoms with Crippen LogP contribution in [0.15, 0.2) is 11.6 Å². The SMILES string of the molecule is C[C@@H](NC(=O)CCC(=O)OCC(=O)[C@]1(O)CC[C@H]2[C@@H]3CCC4=CC(=O)CC[C@]4(C)[C@H]3CC[C@@]21C)C(=O)O. The number of amides is 1. The number of nitrogens with one attached hydrogen (secondary N) is 1. The molecule has 3 saturated carbocycles. The van der Waals surface area contributed by atoms with Crippen molar-refractivity contribution < 1.29 is 38.9 Å². The van der Waals surface area contributed by atoms with Gasteiger partial charge >= 0.3 is 11.9 Å². The molecule has 4 aliphatic rings. The summed E-state index contributed by atoms with van der Waals surface area (Å²) in [6.45, 7) is 5.07. The van der Waals surface area contributed by atoms with E-state index in [9.17, 15) is 29.1 Å². The number of carbonyl (C=O) groups excluding carboxylic acids is 4. The zero-order chi connectivity index (χ0) is 27.2. The first-order valence-electron chi connectivity index (χ1n) is 13.5. The van der Waals surface area contributed by atoms with Gasteiger partial charge < -0.3 is 20.3 Å². The summed E-state index contributed by atoms with van der Waals surface area (Å²) in [5.41, 5.74) is -0.896. The highest BCUT2D eigenvalue weighted by atomic mass is 16.5. The van der Waals surface area contributed by atoms with Crippen LogP contribution < -0.4 is 5.32 Å². The molecule has 3 N–H and O–H groups in total. The molecule has 0 aromatic heterocycles. The Morgan fingerprint density at radius 3 is 2.46 bits per heavy atom. The van der Waals surface area contributed by atoms with Crippen molar-refractivity contribution in [2.45, 2.75) is 96.6 Å². The van der Waals surface area contributed by atoms with Crippen molar-refractivity contribution in [1.82, 2.24) is 5.32 Å². The summed E-state index contributed by atoms with van der Waals surface area (Å²) < 4.78 is 5.13.